The summed E-state index contributed by atoms with van der Waals surface area (Å²) in [5.74, 6) is 13.5. The first-order valence-corrected chi connectivity index (χ1v) is 38.6. The lowest BCUT2D eigenvalue weighted by atomic mass is 9.48. The Morgan fingerprint density at radius 1 is 0.670 bits per heavy atom. The average Bonchev–Trinajstić information content (AvgIpc) is 0.771. The number of sulfonamides is 2. The molecule has 2 saturated heterocycles. The Bertz CT molecular complexity index is 2570. The number of rotatable bonds is 13. The Morgan fingerprint density at radius 3 is 1.65 bits per heavy atom. The molecule has 11 rings (SSSR count). The van der Waals surface area contributed by atoms with Gasteiger partial charge in [0.05, 0.1) is 35.3 Å². The van der Waals surface area contributed by atoms with Gasteiger partial charge < -0.3 is 15.1 Å². The van der Waals surface area contributed by atoms with Gasteiger partial charge in [-0.15, -0.1) is 0 Å². The van der Waals surface area contributed by atoms with Crippen molar-refractivity contribution in [2.24, 2.45) is 94.7 Å². The summed E-state index contributed by atoms with van der Waals surface area (Å²) in [5, 5.41) is 28.8. The lowest BCUT2D eigenvalue weighted by molar-refractivity contribution is -0.160. The van der Waals surface area contributed by atoms with E-state index in [2.05, 4.69) is 126 Å². The maximum atomic E-state index is 14.1. The molecule has 504 valence electrons. The number of anilines is 1. The normalized spacial score (nSPS) is 31.6. The van der Waals surface area contributed by atoms with E-state index in [1.54, 1.807) is 26.2 Å². The highest BCUT2D eigenvalue weighted by Crippen LogP contribution is 2.60. The second-order valence-corrected chi connectivity index (χ2v) is 35.7. The van der Waals surface area contributed by atoms with E-state index in [0.717, 1.165) is 142 Å². The van der Waals surface area contributed by atoms with Gasteiger partial charge >= 0.3 is 0 Å². The molecule has 4 unspecified atom stereocenters. The number of hydrogen-bond acceptors (Lipinski definition) is 9. The van der Waals surface area contributed by atoms with E-state index in [4.69, 9.17) is 5.26 Å². The number of aryl methyl sites for hydroxylation is 1. The summed E-state index contributed by atoms with van der Waals surface area (Å²) in [7, 11) is -2.94. The predicted octanol–water partition coefficient (Wildman–Crippen LogP) is 16.8. The number of hydrogen-bond donors (Lipinski definition) is 2. The van der Waals surface area contributed by atoms with Gasteiger partial charge in [-0.3, -0.25) is 0 Å². The smallest absolute Gasteiger partial charge is 0.214 e. The van der Waals surface area contributed by atoms with Crippen molar-refractivity contribution in [2.45, 2.75) is 249 Å². The molecule has 7 aliphatic carbocycles. The third kappa shape index (κ3) is 23.4. The molecule has 0 radical (unpaired) electrons. The Kier molecular flexibility index (Phi) is 30.7. The van der Waals surface area contributed by atoms with Gasteiger partial charge in [-0.25, -0.2) is 30.5 Å². The minimum Gasteiger partial charge on any atom is -0.392 e. The monoisotopic (exact) mass is 1270 g/mol. The highest BCUT2D eigenvalue weighted by molar-refractivity contribution is 7.89. The largest absolute Gasteiger partial charge is 0.392 e. The van der Waals surface area contributed by atoms with E-state index >= 15 is 0 Å². The van der Waals surface area contributed by atoms with Crippen molar-refractivity contribution in [1.29, 1.82) is 5.26 Å². The van der Waals surface area contributed by atoms with Crippen molar-refractivity contribution in [3.63, 3.8) is 0 Å². The quantitative estimate of drug-likeness (QED) is 0.199. The number of aliphatic hydroxyl groups excluding tert-OH is 1. The van der Waals surface area contributed by atoms with Crippen LogP contribution in [0.4, 0.5) is 10.2 Å². The van der Waals surface area contributed by atoms with Crippen molar-refractivity contribution in [1.82, 2.24) is 13.6 Å². The summed E-state index contributed by atoms with van der Waals surface area (Å²) in [6.07, 6.45) is 23.7. The molecule has 1 aromatic heterocycles. The summed E-state index contributed by atoms with van der Waals surface area (Å²) < 4.78 is 65.3. The highest BCUT2D eigenvalue weighted by Gasteiger charge is 2.55. The molecule has 3 heterocycles. The summed E-state index contributed by atoms with van der Waals surface area (Å²) in [6, 6.07) is 14.1. The predicted molar refractivity (Wildman–Crippen MR) is 366 cm³/mol. The van der Waals surface area contributed by atoms with Crippen LogP contribution in [0.2, 0.25) is 0 Å². The van der Waals surface area contributed by atoms with Gasteiger partial charge in [-0.1, -0.05) is 134 Å². The number of alkyl halides is 1. The van der Waals surface area contributed by atoms with Crippen molar-refractivity contribution in [2.75, 3.05) is 56.7 Å². The van der Waals surface area contributed by atoms with Crippen LogP contribution in [0.5, 0.6) is 0 Å². The number of piperidine rings is 2. The van der Waals surface area contributed by atoms with Crippen molar-refractivity contribution in [3.05, 3.63) is 59.3 Å². The van der Waals surface area contributed by atoms with Crippen LogP contribution in [0.25, 0.3) is 0 Å². The van der Waals surface area contributed by atoms with Crippen LogP contribution >= 0.6 is 0 Å². The molecule has 14 heteroatoms. The molecule has 7 atom stereocenters. The molecule has 2 N–H and O–H groups in total. The fourth-order valence-corrected chi connectivity index (χ4v) is 20.4. The Morgan fingerprint density at radius 2 is 1.23 bits per heavy atom. The van der Waals surface area contributed by atoms with Gasteiger partial charge in [0.2, 0.25) is 20.0 Å². The molecular weight excluding hydrogens is 1140 g/mol. The molecule has 11 nitrogen and oxygen atoms in total. The first-order chi connectivity index (χ1) is 41.3. The van der Waals surface area contributed by atoms with Crippen LogP contribution in [-0.2, 0) is 20.0 Å². The number of β-amino-alcohol motifs (C(OH)–C–C–N with tert-alkyl or cyclic N) is 1. The Balaban J connectivity index is 0.000000196. The molecule has 4 bridgehead atoms. The molecule has 0 spiro atoms. The molecule has 0 amide bonds. The second kappa shape index (κ2) is 35.6. The minimum atomic E-state index is -3.18. The molecule has 2 aliphatic heterocycles. The maximum Gasteiger partial charge on any atom is 0.214 e. The zero-order valence-corrected chi connectivity index (χ0v) is 60.0. The number of aliphatic hydroxyl groups is 2. The van der Waals surface area contributed by atoms with E-state index in [0.29, 0.717) is 60.5 Å². The van der Waals surface area contributed by atoms with Crippen LogP contribution in [0.1, 0.15) is 241 Å². The van der Waals surface area contributed by atoms with Gasteiger partial charge in [0.15, 0.2) is 0 Å². The fourth-order valence-electron chi connectivity index (χ4n) is 17.3. The number of benzene rings is 1. The van der Waals surface area contributed by atoms with Crippen LogP contribution in [0.15, 0.2) is 42.6 Å². The molecule has 7 saturated carbocycles. The lowest BCUT2D eigenvalue weighted by Gasteiger charge is -2.59. The highest BCUT2D eigenvalue weighted by atomic mass is 32.2. The molecule has 9 fully saturated rings. The van der Waals surface area contributed by atoms with Crippen molar-refractivity contribution in [3.8, 4) is 6.07 Å². The van der Waals surface area contributed by atoms with Gasteiger partial charge in [0, 0.05) is 39.9 Å². The first-order valence-electron chi connectivity index (χ1n) is 35.4. The SMILES string of the molecule is CC(C)C1C2CC3CC1CC(O)(C3)C2.CC(C)C1CCC(CS(=O)(=O)N(C)C)CC1.CC(C)C1CCC(CS(=O)(=O)N2CCC[C@@H](O)C2)CC1.CC(C)C1CCN(c2ccc(C#N)cn2)CC1F.CC(C)[C@H]1CCCC[C@H]1C.Cc1ccccc1C(C)C. The zero-order chi connectivity index (χ0) is 65.3. The molecule has 88 heavy (non-hydrogen) atoms. The van der Waals surface area contributed by atoms with Crippen molar-refractivity contribution < 1.29 is 31.4 Å². The molecule has 9 aliphatic rings. The summed E-state index contributed by atoms with van der Waals surface area (Å²) in [6.45, 7) is 33.8. The van der Waals surface area contributed by atoms with Crippen LogP contribution in [-0.4, -0.2) is 110 Å². The molecule has 1 aromatic carbocycles. The summed E-state index contributed by atoms with van der Waals surface area (Å²) in [5.41, 5.74) is 3.16. The van der Waals surface area contributed by atoms with Gasteiger partial charge in [-0.05, 0) is 240 Å². The fraction of sp³-hybridized carbons (Fsp3) is 0.838. The van der Waals surface area contributed by atoms with E-state index in [-0.39, 0.29) is 17.3 Å². The third-order valence-corrected chi connectivity index (χ3v) is 26.5. The van der Waals surface area contributed by atoms with Gasteiger partial charge in [0.1, 0.15) is 18.1 Å². The lowest BCUT2D eigenvalue weighted by Crippen LogP contribution is -2.55. The molecule has 2 aromatic rings. The minimum absolute atomic E-state index is 0.152. The topological polar surface area (TPSA) is 155 Å². The number of nitriles is 1. The maximum absolute atomic E-state index is 14.1. The first kappa shape index (κ1) is 76.0. The van der Waals surface area contributed by atoms with E-state index in [9.17, 15) is 31.4 Å². The zero-order valence-electron chi connectivity index (χ0n) is 58.4. The summed E-state index contributed by atoms with van der Waals surface area (Å²) >= 11 is 0. The Labute approximate surface area is 539 Å². The standard InChI is InChI=1S/C15H29NO3S.C14H18FN3.C13H22O.C12H25NO2S.C10H20.C10H14/c1-12(2)14-7-5-13(6-8-14)11-20(18,19)16-9-3-4-15(17)10-16;1-10(2)12-5-6-18(9-13(12)15)14-4-3-11(7-16)8-17-14;1-8(2)12-10-3-9-4-11(12)7-13(14,5-9)6-10;1-10(2)12-7-5-11(6-8-12)9-16(14,15)13(3)4;2*1-8(2)10-7-5-4-6-9(10)3/h12-15,17H,3-11H2,1-2H3;3-4,8,10,12-13H,5-6,9H2,1-2H3;8-12,14H,3-7H2,1-2H3;10-12H,5-9H2,1-4H3;8-10H,4-7H2,1-3H3;4-8H,1-3H3/t13?,14?,15-;;;;9-,10-;/m1...1./s1. The third-order valence-electron chi connectivity index (χ3n) is 22.4. The van der Waals surface area contributed by atoms with Crippen LogP contribution in [0, 0.1) is 113 Å². The van der Waals surface area contributed by atoms with Gasteiger partial charge in [0.25, 0.3) is 0 Å². The number of nitrogens with zero attached hydrogens (tertiary/aromatic N) is 5. The van der Waals surface area contributed by atoms with E-state index < -0.39 is 32.3 Å². The van der Waals surface area contributed by atoms with Crippen LogP contribution < -0.4 is 4.90 Å². The van der Waals surface area contributed by atoms with Gasteiger partial charge in [-0.2, -0.15) is 9.57 Å². The van der Waals surface area contributed by atoms with E-state index in [1.165, 1.54) is 90.1 Å². The number of pyridine rings is 1. The van der Waals surface area contributed by atoms with Crippen molar-refractivity contribution >= 4 is 25.9 Å². The Hall–Kier alpha value is -2.67. The number of aromatic nitrogens is 1. The van der Waals surface area contributed by atoms with Crippen LogP contribution in [0.3, 0.4) is 0 Å². The summed E-state index contributed by atoms with van der Waals surface area (Å²) in [4.78, 5) is 6.18. The second-order valence-electron chi connectivity index (χ2n) is 31.4. The average molecular weight is 1270 g/mol. The number of halogens is 1. The van der Waals surface area contributed by atoms with E-state index in [1.807, 2.05) is 11.0 Å². The molecular formula is C74H128FN5O6S2.